The van der Waals surface area contributed by atoms with Crippen LogP contribution in [0.15, 0.2) is 47.9 Å². The van der Waals surface area contributed by atoms with Gasteiger partial charge in [-0.05, 0) is 36.3 Å². The molecule has 0 aromatic heterocycles. The molecule has 0 aliphatic heterocycles. The molecule has 2 rings (SSSR count). The summed E-state index contributed by atoms with van der Waals surface area (Å²) in [7, 11) is -3.79. The number of non-ortho nitro benzene ring substituents is 1. The van der Waals surface area contributed by atoms with Gasteiger partial charge in [-0.2, -0.15) is 0 Å². The summed E-state index contributed by atoms with van der Waals surface area (Å²) < 4.78 is 26.5. The summed E-state index contributed by atoms with van der Waals surface area (Å²) in [6.45, 7) is 1.66. The van der Waals surface area contributed by atoms with Gasteiger partial charge in [0.2, 0.25) is 0 Å². The predicted octanol–water partition coefficient (Wildman–Crippen LogP) is 3.97. The fourth-order valence-electron chi connectivity index (χ4n) is 1.76. The topological polar surface area (TPSA) is 89.3 Å². The van der Waals surface area contributed by atoms with Crippen molar-refractivity contribution in [1.82, 2.24) is 0 Å². The van der Waals surface area contributed by atoms with Gasteiger partial charge >= 0.3 is 0 Å². The monoisotopic (exact) mass is 352 g/mol. The molecule has 1 N–H and O–H groups in total. The van der Waals surface area contributed by atoms with E-state index in [2.05, 4.69) is 4.72 Å². The molecule has 0 bridgehead atoms. The molecule has 0 fully saturated rings. The van der Waals surface area contributed by atoms with Gasteiger partial charge in [0.05, 0.1) is 16.0 Å². The normalized spacial score (nSPS) is 11.6. The number of nitro benzene ring substituents is 1. The molecule has 0 unspecified atom stereocenters. The summed E-state index contributed by atoms with van der Waals surface area (Å²) in [6, 6.07) is 10.6. The minimum Gasteiger partial charge on any atom is -0.280 e. The SMILES string of the molecule is Cc1ccc([N+](=O)[O-])cc1NS(=O)(=O)/C=C/c1ccc(Cl)cc1. The molecule has 6 nitrogen and oxygen atoms in total. The zero-order valence-corrected chi connectivity index (χ0v) is 13.6. The van der Waals surface area contributed by atoms with E-state index in [1.807, 2.05) is 0 Å². The van der Waals surface area contributed by atoms with Crippen molar-refractivity contribution in [2.24, 2.45) is 0 Å². The van der Waals surface area contributed by atoms with Crippen LogP contribution < -0.4 is 4.72 Å². The molecular weight excluding hydrogens is 340 g/mol. The van der Waals surface area contributed by atoms with Crippen molar-refractivity contribution in [1.29, 1.82) is 0 Å². The van der Waals surface area contributed by atoms with Crippen LogP contribution in [0.25, 0.3) is 6.08 Å². The van der Waals surface area contributed by atoms with Crippen LogP contribution in [0.3, 0.4) is 0 Å². The highest BCUT2D eigenvalue weighted by Crippen LogP contribution is 2.23. The number of nitrogens with one attached hydrogen (secondary N) is 1. The van der Waals surface area contributed by atoms with Crippen LogP contribution in [-0.4, -0.2) is 13.3 Å². The van der Waals surface area contributed by atoms with Crippen molar-refractivity contribution in [2.45, 2.75) is 6.92 Å². The molecule has 0 radical (unpaired) electrons. The fraction of sp³-hybridized carbons (Fsp3) is 0.0667. The van der Waals surface area contributed by atoms with Gasteiger partial charge in [-0.25, -0.2) is 8.42 Å². The zero-order chi connectivity index (χ0) is 17.0. The second-order valence-corrected chi connectivity index (χ2v) is 6.76. The minimum atomic E-state index is -3.79. The van der Waals surface area contributed by atoms with E-state index < -0.39 is 14.9 Å². The van der Waals surface area contributed by atoms with E-state index in [1.54, 1.807) is 31.2 Å². The number of nitro groups is 1. The lowest BCUT2D eigenvalue weighted by Crippen LogP contribution is -2.10. The third kappa shape index (κ3) is 4.80. The number of halogens is 1. The number of rotatable bonds is 5. The molecular formula is C15H13ClN2O4S. The van der Waals surface area contributed by atoms with Crippen LogP contribution in [0.4, 0.5) is 11.4 Å². The Morgan fingerprint density at radius 2 is 1.83 bits per heavy atom. The number of nitrogens with zero attached hydrogens (tertiary/aromatic N) is 1. The lowest BCUT2D eigenvalue weighted by atomic mass is 10.2. The Morgan fingerprint density at radius 1 is 1.17 bits per heavy atom. The Bertz CT molecular complexity index is 862. The van der Waals surface area contributed by atoms with Gasteiger partial charge in [0.15, 0.2) is 0 Å². The Morgan fingerprint density at radius 3 is 2.43 bits per heavy atom. The van der Waals surface area contributed by atoms with Crippen LogP contribution in [0.5, 0.6) is 0 Å². The van der Waals surface area contributed by atoms with Crippen molar-refractivity contribution < 1.29 is 13.3 Å². The summed E-state index contributed by atoms with van der Waals surface area (Å²) in [5.74, 6) is 0. The van der Waals surface area contributed by atoms with Crippen LogP contribution >= 0.6 is 11.6 Å². The van der Waals surface area contributed by atoms with Gasteiger partial charge in [-0.1, -0.05) is 29.8 Å². The van der Waals surface area contributed by atoms with Gasteiger partial charge in [-0.15, -0.1) is 0 Å². The first-order valence-electron chi connectivity index (χ1n) is 6.48. The molecule has 0 heterocycles. The lowest BCUT2D eigenvalue weighted by Gasteiger charge is -2.07. The largest absolute Gasteiger partial charge is 0.280 e. The lowest BCUT2D eigenvalue weighted by molar-refractivity contribution is -0.384. The first-order chi connectivity index (χ1) is 10.8. The van der Waals surface area contributed by atoms with Crippen LogP contribution in [0.1, 0.15) is 11.1 Å². The van der Waals surface area contributed by atoms with E-state index in [-0.39, 0.29) is 11.4 Å². The van der Waals surface area contributed by atoms with Gasteiger partial charge in [0, 0.05) is 17.2 Å². The maximum atomic E-state index is 12.1. The Labute approximate surface area is 138 Å². The molecule has 8 heteroatoms. The van der Waals surface area contributed by atoms with E-state index in [0.717, 1.165) is 5.41 Å². The Balaban J connectivity index is 2.22. The number of hydrogen-bond donors (Lipinski definition) is 1. The quantitative estimate of drug-likeness (QED) is 0.651. The van der Waals surface area contributed by atoms with Crippen molar-refractivity contribution in [2.75, 3.05) is 4.72 Å². The standard InChI is InChI=1S/C15H13ClN2O4S/c1-11-2-7-14(18(19)20)10-15(11)17-23(21,22)9-8-12-3-5-13(16)6-4-12/h2-10,17H,1H3/b9-8+. The first kappa shape index (κ1) is 17.0. The average molecular weight is 353 g/mol. The maximum absolute atomic E-state index is 12.1. The molecule has 23 heavy (non-hydrogen) atoms. The summed E-state index contributed by atoms with van der Waals surface area (Å²) >= 11 is 5.76. The number of benzene rings is 2. The molecule has 120 valence electrons. The number of anilines is 1. The van der Waals surface area contributed by atoms with Gasteiger partial charge in [0.1, 0.15) is 0 Å². The predicted molar refractivity (Wildman–Crippen MR) is 90.9 cm³/mol. The zero-order valence-electron chi connectivity index (χ0n) is 12.1. The highest BCUT2D eigenvalue weighted by atomic mass is 35.5. The van der Waals surface area contributed by atoms with Gasteiger partial charge in [0.25, 0.3) is 15.7 Å². The van der Waals surface area contributed by atoms with E-state index >= 15 is 0 Å². The summed E-state index contributed by atoms with van der Waals surface area (Å²) in [5.41, 5.74) is 1.23. The molecule has 0 aliphatic rings. The van der Waals surface area contributed by atoms with Crippen LogP contribution in [0, 0.1) is 17.0 Å². The highest BCUT2D eigenvalue weighted by Gasteiger charge is 2.12. The second-order valence-electron chi connectivity index (χ2n) is 4.76. The molecule has 0 saturated carbocycles. The molecule has 2 aromatic carbocycles. The Kier molecular flexibility index (Phi) is 5.02. The van der Waals surface area contributed by atoms with Gasteiger partial charge < -0.3 is 0 Å². The van der Waals surface area contributed by atoms with Crippen LogP contribution in [-0.2, 0) is 10.0 Å². The molecule has 0 spiro atoms. The molecule has 0 atom stereocenters. The first-order valence-corrected chi connectivity index (χ1v) is 8.41. The van der Waals surface area contributed by atoms with Crippen molar-refractivity contribution in [3.8, 4) is 0 Å². The molecule has 0 amide bonds. The molecule has 0 saturated heterocycles. The average Bonchev–Trinajstić information content (AvgIpc) is 2.48. The second kappa shape index (κ2) is 6.80. The van der Waals surface area contributed by atoms with Crippen molar-refractivity contribution in [3.63, 3.8) is 0 Å². The van der Waals surface area contributed by atoms with Crippen LogP contribution in [0.2, 0.25) is 5.02 Å². The third-order valence-electron chi connectivity index (χ3n) is 2.99. The van der Waals surface area contributed by atoms with E-state index in [1.165, 1.54) is 24.3 Å². The summed E-state index contributed by atoms with van der Waals surface area (Å²) in [4.78, 5) is 10.2. The smallest absolute Gasteiger partial charge is 0.271 e. The highest BCUT2D eigenvalue weighted by molar-refractivity contribution is 7.95. The Hall–Kier alpha value is -2.38. The van der Waals surface area contributed by atoms with Crippen molar-refractivity contribution >= 4 is 39.1 Å². The van der Waals surface area contributed by atoms with E-state index in [0.29, 0.717) is 16.1 Å². The van der Waals surface area contributed by atoms with Crippen molar-refractivity contribution in [3.05, 3.63) is 74.1 Å². The van der Waals surface area contributed by atoms with E-state index in [4.69, 9.17) is 11.6 Å². The summed E-state index contributed by atoms with van der Waals surface area (Å²) in [6.07, 6.45) is 1.41. The fourth-order valence-corrected chi connectivity index (χ4v) is 2.82. The minimum absolute atomic E-state index is 0.167. The summed E-state index contributed by atoms with van der Waals surface area (Å²) in [5, 5.41) is 12.3. The maximum Gasteiger partial charge on any atom is 0.271 e. The third-order valence-corrected chi connectivity index (χ3v) is 4.24. The molecule has 2 aromatic rings. The van der Waals surface area contributed by atoms with Gasteiger partial charge in [-0.3, -0.25) is 14.8 Å². The number of sulfonamides is 1. The number of hydrogen-bond acceptors (Lipinski definition) is 4. The molecule has 0 aliphatic carbocycles. The number of aryl methyl sites for hydroxylation is 1. The van der Waals surface area contributed by atoms with E-state index in [9.17, 15) is 18.5 Å².